The van der Waals surface area contributed by atoms with Crippen LogP contribution in [0.5, 0.6) is 11.5 Å². The highest BCUT2D eigenvalue weighted by atomic mass is 32.2. The quantitative estimate of drug-likeness (QED) is 0.345. The van der Waals surface area contributed by atoms with Crippen LogP contribution in [-0.2, 0) is 26.2 Å². The van der Waals surface area contributed by atoms with Crippen molar-refractivity contribution in [2.45, 2.75) is 38.3 Å². The third-order valence-electron chi connectivity index (χ3n) is 6.05. The van der Waals surface area contributed by atoms with Crippen molar-refractivity contribution in [1.82, 2.24) is 10.2 Å². The lowest BCUT2D eigenvalue weighted by atomic mass is 10.1. The molecular formula is C29H35N3O6S. The third kappa shape index (κ3) is 7.29. The fourth-order valence-corrected chi connectivity index (χ4v) is 5.49. The van der Waals surface area contributed by atoms with Gasteiger partial charge >= 0.3 is 0 Å². The molecule has 0 aromatic heterocycles. The molecule has 0 unspecified atom stereocenters. The highest BCUT2D eigenvalue weighted by Crippen LogP contribution is 2.33. The van der Waals surface area contributed by atoms with Gasteiger partial charge in [0.15, 0.2) is 0 Å². The van der Waals surface area contributed by atoms with Crippen molar-refractivity contribution >= 4 is 27.5 Å². The summed E-state index contributed by atoms with van der Waals surface area (Å²) in [5, 5.41) is 2.75. The first kappa shape index (κ1) is 29.5. The van der Waals surface area contributed by atoms with Crippen LogP contribution in [-0.4, -0.2) is 58.0 Å². The van der Waals surface area contributed by atoms with E-state index in [-0.39, 0.29) is 23.0 Å². The van der Waals surface area contributed by atoms with Gasteiger partial charge in [0.05, 0.1) is 24.3 Å². The Morgan fingerprint density at radius 2 is 1.64 bits per heavy atom. The van der Waals surface area contributed by atoms with Gasteiger partial charge in [-0.15, -0.1) is 0 Å². The number of carbonyl (C=O) groups excluding carboxylic acids is 2. The van der Waals surface area contributed by atoms with Crippen LogP contribution in [0.3, 0.4) is 0 Å². The SMILES string of the molecule is CCNC(=O)[C@@H](C)N(Cc1cccc(OC)c1)C(=O)CN(c1ccccc1OCC)S(=O)(=O)c1ccccc1. The van der Waals surface area contributed by atoms with Gasteiger partial charge in [0.1, 0.15) is 24.1 Å². The molecule has 0 aliphatic heterocycles. The summed E-state index contributed by atoms with van der Waals surface area (Å²) >= 11 is 0. The van der Waals surface area contributed by atoms with E-state index < -0.39 is 28.5 Å². The molecule has 0 aliphatic rings. The number of amides is 2. The molecule has 3 aromatic carbocycles. The lowest BCUT2D eigenvalue weighted by Gasteiger charge is -2.32. The van der Waals surface area contributed by atoms with Crippen LogP contribution >= 0.6 is 0 Å². The van der Waals surface area contributed by atoms with Gasteiger partial charge in [0.2, 0.25) is 11.8 Å². The smallest absolute Gasteiger partial charge is 0.264 e. The molecule has 0 saturated carbocycles. The largest absolute Gasteiger partial charge is 0.497 e. The monoisotopic (exact) mass is 553 g/mol. The second-order valence-electron chi connectivity index (χ2n) is 8.67. The van der Waals surface area contributed by atoms with E-state index in [4.69, 9.17) is 9.47 Å². The van der Waals surface area contributed by atoms with E-state index in [1.165, 1.54) is 17.0 Å². The Morgan fingerprint density at radius 1 is 0.949 bits per heavy atom. The number of rotatable bonds is 13. The fourth-order valence-electron chi connectivity index (χ4n) is 4.05. The second kappa shape index (κ2) is 13.7. The van der Waals surface area contributed by atoms with Crippen LogP contribution in [0.25, 0.3) is 0 Å². The zero-order valence-electron chi connectivity index (χ0n) is 22.7. The Kier molecular flexibility index (Phi) is 10.3. The predicted octanol–water partition coefficient (Wildman–Crippen LogP) is 3.84. The van der Waals surface area contributed by atoms with Crippen LogP contribution in [0.15, 0.2) is 83.8 Å². The van der Waals surface area contributed by atoms with E-state index in [0.29, 0.717) is 24.7 Å². The molecule has 1 N–H and O–H groups in total. The van der Waals surface area contributed by atoms with Crippen molar-refractivity contribution in [3.63, 3.8) is 0 Å². The second-order valence-corrected chi connectivity index (χ2v) is 10.5. The molecule has 3 rings (SSSR count). The molecule has 0 spiro atoms. The number of likely N-dealkylation sites (N-methyl/N-ethyl adjacent to an activating group) is 1. The number of methoxy groups -OCH3 is 1. The first-order chi connectivity index (χ1) is 18.7. The van der Waals surface area contributed by atoms with Crippen molar-refractivity contribution in [1.29, 1.82) is 0 Å². The number of benzene rings is 3. The van der Waals surface area contributed by atoms with Gasteiger partial charge in [-0.2, -0.15) is 0 Å². The summed E-state index contributed by atoms with van der Waals surface area (Å²) in [6.45, 7) is 5.42. The van der Waals surface area contributed by atoms with Crippen molar-refractivity contribution in [2.75, 3.05) is 31.1 Å². The molecule has 1 atom stereocenters. The molecule has 0 bridgehead atoms. The standard InChI is InChI=1S/C29H35N3O6S/c1-5-30-29(34)22(3)31(20-23-13-12-14-24(19-23)37-4)28(33)21-32(26-17-10-11-18-27(26)38-6-2)39(35,36)25-15-8-7-9-16-25/h7-19,22H,5-6,20-21H2,1-4H3,(H,30,34)/t22-/m1/s1. The van der Waals surface area contributed by atoms with Gasteiger partial charge < -0.3 is 19.7 Å². The predicted molar refractivity (Wildman–Crippen MR) is 150 cm³/mol. The summed E-state index contributed by atoms with van der Waals surface area (Å²) < 4.78 is 39.9. The van der Waals surface area contributed by atoms with Crippen molar-refractivity contribution in [3.05, 3.63) is 84.4 Å². The number of hydrogen-bond donors (Lipinski definition) is 1. The van der Waals surface area contributed by atoms with Gasteiger partial charge in [-0.05, 0) is 62.7 Å². The zero-order chi connectivity index (χ0) is 28.4. The van der Waals surface area contributed by atoms with Gasteiger partial charge in [-0.25, -0.2) is 8.42 Å². The molecule has 3 aromatic rings. The lowest BCUT2D eigenvalue weighted by molar-refractivity contribution is -0.139. The highest BCUT2D eigenvalue weighted by Gasteiger charge is 2.33. The number of para-hydroxylation sites is 2. The summed E-state index contributed by atoms with van der Waals surface area (Å²) in [5.74, 6) is 0.0243. The molecule has 208 valence electrons. The first-order valence-corrected chi connectivity index (χ1v) is 14.2. The minimum absolute atomic E-state index is 0.0280. The Bertz CT molecular complexity index is 1360. The maximum atomic E-state index is 14.0. The first-order valence-electron chi connectivity index (χ1n) is 12.7. The normalized spacial score (nSPS) is 11.8. The number of ether oxygens (including phenoxy) is 2. The van der Waals surface area contributed by atoms with E-state index >= 15 is 0 Å². The molecule has 2 amide bonds. The molecule has 0 radical (unpaired) electrons. The number of hydrogen-bond acceptors (Lipinski definition) is 6. The van der Waals surface area contributed by atoms with Crippen LogP contribution in [0.1, 0.15) is 26.3 Å². The van der Waals surface area contributed by atoms with Crippen molar-refractivity contribution < 1.29 is 27.5 Å². The van der Waals surface area contributed by atoms with Crippen molar-refractivity contribution in [3.8, 4) is 11.5 Å². The molecule has 0 saturated heterocycles. The van der Waals surface area contributed by atoms with E-state index in [2.05, 4.69) is 5.32 Å². The molecule has 0 aliphatic carbocycles. The number of nitrogens with one attached hydrogen (secondary N) is 1. The molecular weight excluding hydrogens is 518 g/mol. The Hall–Kier alpha value is -4.05. The molecule has 9 nitrogen and oxygen atoms in total. The Balaban J connectivity index is 2.07. The molecule has 10 heteroatoms. The van der Waals surface area contributed by atoms with Crippen LogP contribution in [0.4, 0.5) is 5.69 Å². The molecule has 39 heavy (non-hydrogen) atoms. The van der Waals surface area contributed by atoms with Gasteiger partial charge in [0, 0.05) is 13.1 Å². The third-order valence-corrected chi connectivity index (χ3v) is 7.82. The summed E-state index contributed by atoms with van der Waals surface area (Å²) in [4.78, 5) is 28.2. The highest BCUT2D eigenvalue weighted by molar-refractivity contribution is 7.92. The Labute approximate surface area is 230 Å². The van der Waals surface area contributed by atoms with Gasteiger partial charge in [-0.3, -0.25) is 13.9 Å². The average Bonchev–Trinajstić information content (AvgIpc) is 2.95. The zero-order valence-corrected chi connectivity index (χ0v) is 23.5. The molecule has 0 fully saturated rings. The van der Waals surface area contributed by atoms with Crippen LogP contribution in [0, 0.1) is 0 Å². The maximum Gasteiger partial charge on any atom is 0.264 e. The summed E-state index contributed by atoms with van der Waals surface area (Å²) in [6.07, 6.45) is 0. The fraction of sp³-hybridized carbons (Fsp3) is 0.310. The Morgan fingerprint density at radius 3 is 2.31 bits per heavy atom. The minimum Gasteiger partial charge on any atom is -0.497 e. The average molecular weight is 554 g/mol. The number of anilines is 1. The topological polar surface area (TPSA) is 105 Å². The number of sulfonamides is 1. The summed E-state index contributed by atoms with van der Waals surface area (Å²) in [6, 6.07) is 20.9. The maximum absolute atomic E-state index is 14.0. The van der Waals surface area contributed by atoms with Crippen molar-refractivity contribution in [2.24, 2.45) is 0 Å². The van der Waals surface area contributed by atoms with E-state index in [1.807, 2.05) is 6.07 Å². The number of carbonyl (C=O) groups is 2. The van der Waals surface area contributed by atoms with E-state index in [0.717, 1.165) is 9.87 Å². The van der Waals surface area contributed by atoms with Crippen LogP contribution < -0.4 is 19.1 Å². The lowest BCUT2D eigenvalue weighted by Crippen LogP contribution is -2.51. The van der Waals surface area contributed by atoms with E-state index in [1.54, 1.807) is 88.5 Å². The van der Waals surface area contributed by atoms with E-state index in [9.17, 15) is 18.0 Å². The minimum atomic E-state index is -4.18. The number of nitrogens with zero attached hydrogens (tertiary/aromatic N) is 2. The van der Waals surface area contributed by atoms with Gasteiger partial charge in [0.25, 0.3) is 10.0 Å². The van der Waals surface area contributed by atoms with Gasteiger partial charge in [-0.1, -0.05) is 42.5 Å². The van der Waals surface area contributed by atoms with Crippen LogP contribution in [0.2, 0.25) is 0 Å². The summed E-state index contributed by atoms with van der Waals surface area (Å²) in [5.41, 5.74) is 0.953. The summed E-state index contributed by atoms with van der Waals surface area (Å²) in [7, 11) is -2.63. The molecule has 0 heterocycles.